The zero-order valence-corrected chi connectivity index (χ0v) is 9.18. The van der Waals surface area contributed by atoms with Crippen molar-refractivity contribution in [2.75, 3.05) is 0 Å². The van der Waals surface area contributed by atoms with Gasteiger partial charge in [-0.25, -0.2) is 9.97 Å². The summed E-state index contributed by atoms with van der Waals surface area (Å²) in [4.78, 5) is 22.6. The van der Waals surface area contributed by atoms with Gasteiger partial charge < -0.3 is 0 Å². The molecule has 0 atom stereocenters. The summed E-state index contributed by atoms with van der Waals surface area (Å²) in [5, 5.41) is 0. The van der Waals surface area contributed by atoms with Crippen LogP contribution in [0.3, 0.4) is 0 Å². The average Bonchev–Trinajstić information content (AvgIpc) is 2.30. The maximum absolute atomic E-state index is 10.4. The van der Waals surface area contributed by atoms with E-state index >= 15 is 0 Å². The van der Waals surface area contributed by atoms with E-state index in [2.05, 4.69) is 30.9 Å². The number of carbonyl (C=O) groups excluding carboxylic acids is 1. The quantitative estimate of drug-likeness (QED) is 0.779. The number of aromatic nitrogens is 3. The number of rotatable bonds is 2. The Balaban J connectivity index is 2.37. The van der Waals surface area contributed by atoms with Gasteiger partial charge in [0.1, 0.15) is 5.69 Å². The highest BCUT2D eigenvalue weighted by Crippen LogP contribution is 2.14. The van der Waals surface area contributed by atoms with Crippen molar-refractivity contribution in [3.05, 3.63) is 40.8 Å². The molecule has 0 unspecified atom stereocenters. The smallest absolute Gasteiger partial charge is 0.178 e. The second-order valence-corrected chi connectivity index (χ2v) is 3.74. The van der Waals surface area contributed by atoms with Gasteiger partial charge in [0.25, 0.3) is 0 Å². The Labute approximate surface area is 94.5 Å². The normalized spacial score (nSPS) is 9.93. The molecule has 0 aromatic carbocycles. The highest BCUT2D eigenvalue weighted by atomic mass is 79.9. The van der Waals surface area contributed by atoms with Gasteiger partial charge in [-0.1, -0.05) is 0 Å². The van der Waals surface area contributed by atoms with Gasteiger partial charge >= 0.3 is 0 Å². The summed E-state index contributed by atoms with van der Waals surface area (Å²) in [5.74, 6) is 0.508. The molecule has 5 heteroatoms. The van der Waals surface area contributed by atoms with E-state index in [4.69, 9.17) is 0 Å². The number of aldehydes is 1. The minimum absolute atomic E-state index is 0.455. The number of nitrogens with zero attached hydrogens (tertiary/aromatic N) is 3. The van der Waals surface area contributed by atoms with Gasteiger partial charge in [-0.05, 0) is 28.1 Å². The molecule has 0 saturated heterocycles. The lowest BCUT2D eigenvalue weighted by molar-refractivity contribution is 0.112. The van der Waals surface area contributed by atoms with Gasteiger partial charge in [-0.2, -0.15) is 0 Å². The molecule has 4 nitrogen and oxygen atoms in total. The zero-order chi connectivity index (χ0) is 10.7. The maximum Gasteiger partial charge on any atom is 0.178 e. The Morgan fingerprint density at radius 3 is 2.33 bits per heavy atom. The van der Waals surface area contributed by atoms with Crippen LogP contribution in [0, 0.1) is 0 Å². The van der Waals surface area contributed by atoms with Crippen molar-refractivity contribution < 1.29 is 4.79 Å². The first-order valence-corrected chi connectivity index (χ1v) is 4.98. The summed E-state index contributed by atoms with van der Waals surface area (Å²) in [6, 6.07) is 3.67. The van der Waals surface area contributed by atoms with E-state index in [0.29, 0.717) is 23.4 Å². The highest BCUT2D eigenvalue weighted by Gasteiger charge is 2.01. The summed E-state index contributed by atoms with van der Waals surface area (Å²) in [7, 11) is 0. The van der Waals surface area contributed by atoms with E-state index in [1.54, 1.807) is 12.3 Å². The standard InChI is InChI=1S/C10H6BrN3O/c11-8-1-2-9(12-5-8)10-13-3-7(6-15)4-14-10/h1-6H. The predicted octanol–water partition coefficient (Wildman–Crippen LogP) is 2.11. The van der Waals surface area contributed by atoms with Crippen LogP contribution >= 0.6 is 15.9 Å². The number of carbonyl (C=O) groups is 1. The second kappa shape index (κ2) is 4.27. The Bertz CT molecular complexity index is 467. The van der Waals surface area contributed by atoms with Crippen LogP contribution in [0.2, 0.25) is 0 Å². The van der Waals surface area contributed by atoms with E-state index in [9.17, 15) is 4.79 Å². The third kappa shape index (κ3) is 2.24. The molecule has 0 radical (unpaired) electrons. The van der Waals surface area contributed by atoms with Gasteiger partial charge in [0.2, 0.25) is 0 Å². The van der Waals surface area contributed by atoms with Gasteiger partial charge in [0.15, 0.2) is 12.1 Å². The molecule has 15 heavy (non-hydrogen) atoms. The van der Waals surface area contributed by atoms with E-state index in [1.165, 1.54) is 12.4 Å². The molecule has 0 aliphatic heterocycles. The molecule has 0 bridgehead atoms. The fourth-order valence-electron chi connectivity index (χ4n) is 1.04. The van der Waals surface area contributed by atoms with Crippen LogP contribution in [-0.2, 0) is 0 Å². The van der Waals surface area contributed by atoms with Crippen LogP contribution in [-0.4, -0.2) is 21.2 Å². The largest absolute Gasteiger partial charge is 0.298 e. The summed E-state index contributed by atoms with van der Waals surface area (Å²) in [6.45, 7) is 0. The molecule has 2 rings (SSSR count). The van der Waals surface area contributed by atoms with Crippen molar-refractivity contribution in [3.63, 3.8) is 0 Å². The Hall–Kier alpha value is -1.62. The fourth-order valence-corrected chi connectivity index (χ4v) is 1.27. The molecule has 0 aliphatic carbocycles. The first kappa shape index (κ1) is 9.92. The van der Waals surface area contributed by atoms with Crippen LogP contribution < -0.4 is 0 Å². The molecule has 0 amide bonds. The fraction of sp³-hybridized carbons (Fsp3) is 0. The van der Waals surface area contributed by atoms with Gasteiger partial charge in [-0.3, -0.25) is 9.78 Å². The van der Waals surface area contributed by atoms with Crippen molar-refractivity contribution in [1.29, 1.82) is 0 Å². The second-order valence-electron chi connectivity index (χ2n) is 2.82. The highest BCUT2D eigenvalue weighted by molar-refractivity contribution is 9.10. The number of hydrogen-bond donors (Lipinski definition) is 0. The van der Waals surface area contributed by atoms with E-state index in [1.807, 2.05) is 6.07 Å². The van der Waals surface area contributed by atoms with Crippen LogP contribution in [0.1, 0.15) is 10.4 Å². The van der Waals surface area contributed by atoms with Gasteiger partial charge in [0.05, 0.1) is 5.56 Å². The first-order valence-electron chi connectivity index (χ1n) is 4.19. The van der Waals surface area contributed by atoms with Crippen molar-refractivity contribution in [2.24, 2.45) is 0 Å². The van der Waals surface area contributed by atoms with E-state index in [0.717, 1.165) is 4.47 Å². The minimum Gasteiger partial charge on any atom is -0.298 e. The Kier molecular flexibility index (Phi) is 2.82. The van der Waals surface area contributed by atoms with E-state index in [-0.39, 0.29) is 0 Å². The molecule has 2 aromatic rings. The van der Waals surface area contributed by atoms with Crippen molar-refractivity contribution in [2.45, 2.75) is 0 Å². The minimum atomic E-state index is 0.455. The number of hydrogen-bond acceptors (Lipinski definition) is 4. The first-order chi connectivity index (χ1) is 7.29. The third-order valence-corrected chi connectivity index (χ3v) is 2.23. The molecule has 2 heterocycles. The lowest BCUT2D eigenvalue weighted by atomic mass is 10.3. The SMILES string of the molecule is O=Cc1cnc(-c2ccc(Br)cn2)nc1. The number of halogens is 1. The molecule has 2 aromatic heterocycles. The molecule has 0 N–H and O–H groups in total. The molecule has 74 valence electrons. The summed E-state index contributed by atoms with van der Waals surface area (Å²) in [5.41, 5.74) is 1.13. The summed E-state index contributed by atoms with van der Waals surface area (Å²) in [6.07, 6.45) is 5.32. The molecular formula is C10H6BrN3O. The average molecular weight is 264 g/mol. The lowest BCUT2D eigenvalue weighted by Gasteiger charge is -1.98. The van der Waals surface area contributed by atoms with Crippen molar-refractivity contribution in [1.82, 2.24) is 15.0 Å². The molecule has 0 fully saturated rings. The van der Waals surface area contributed by atoms with Crippen molar-refractivity contribution >= 4 is 22.2 Å². The topological polar surface area (TPSA) is 55.7 Å². The zero-order valence-electron chi connectivity index (χ0n) is 7.59. The Morgan fingerprint density at radius 2 is 1.80 bits per heavy atom. The molecule has 0 aliphatic rings. The maximum atomic E-state index is 10.4. The van der Waals surface area contributed by atoms with E-state index < -0.39 is 0 Å². The third-order valence-electron chi connectivity index (χ3n) is 1.76. The molecule has 0 saturated carbocycles. The van der Waals surface area contributed by atoms with Crippen LogP contribution in [0.25, 0.3) is 11.5 Å². The van der Waals surface area contributed by atoms with Crippen LogP contribution in [0.15, 0.2) is 35.2 Å². The monoisotopic (exact) mass is 263 g/mol. The summed E-state index contributed by atoms with van der Waals surface area (Å²) >= 11 is 3.29. The predicted molar refractivity (Wildman–Crippen MR) is 58.4 cm³/mol. The van der Waals surface area contributed by atoms with Crippen LogP contribution in [0.5, 0.6) is 0 Å². The van der Waals surface area contributed by atoms with Crippen LogP contribution in [0.4, 0.5) is 0 Å². The molecule has 0 spiro atoms. The lowest BCUT2D eigenvalue weighted by Crippen LogP contribution is -1.92. The summed E-state index contributed by atoms with van der Waals surface area (Å²) < 4.78 is 0.899. The van der Waals surface area contributed by atoms with Gasteiger partial charge in [0, 0.05) is 23.1 Å². The Morgan fingerprint density at radius 1 is 1.07 bits per heavy atom. The molecular weight excluding hydrogens is 258 g/mol. The van der Waals surface area contributed by atoms with Gasteiger partial charge in [-0.15, -0.1) is 0 Å². The number of pyridine rings is 1. The van der Waals surface area contributed by atoms with Crippen molar-refractivity contribution in [3.8, 4) is 11.5 Å².